The van der Waals surface area contributed by atoms with E-state index in [9.17, 15) is 4.39 Å². The summed E-state index contributed by atoms with van der Waals surface area (Å²) in [5.74, 6) is 5.08. The maximum absolute atomic E-state index is 14.5. The Bertz CT molecular complexity index is 830. The molecule has 28 heavy (non-hydrogen) atoms. The molecule has 2 aromatic rings. The predicted octanol–water partition coefficient (Wildman–Crippen LogP) is 1.43. The van der Waals surface area contributed by atoms with Crippen LogP contribution in [0.2, 0.25) is 0 Å². The first kappa shape index (κ1) is 23.2. The van der Waals surface area contributed by atoms with Crippen molar-refractivity contribution in [3.8, 4) is 11.1 Å². The number of nitrogens with zero attached hydrogens (tertiary/aromatic N) is 2. The quantitative estimate of drug-likeness (QED) is 0.330. The summed E-state index contributed by atoms with van der Waals surface area (Å²) in [6.45, 7) is 7.56. The topological polar surface area (TPSA) is 73.7 Å². The van der Waals surface area contributed by atoms with Gasteiger partial charge in [0.15, 0.2) is 0 Å². The Morgan fingerprint density at radius 3 is 2.71 bits per heavy atom. The molecule has 2 aromatic carbocycles. The maximum atomic E-state index is 14.5. The fourth-order valence-corrected chi connectivity index (χ4v) is 3.32. The third-order valence-corrected chi connectivity index (χ3v) is 4.70. The Kier molecular flexibility index (Phi) is 9.29. The van der Waals surface area contributed by atoms with Crippen molar-refractivity contribution in [2.24, 2.45) is 10.9 Å². The molecule has 0 amide bonds. The molecule has 0 unspecified atom stereocenters. The Morgan fingerprint density at radius 1 is 1.32 bits per heavy atom. The standard InChI is InChI=1S/C21H24FN4O.K/c1-3-18-16(13-25-23)11-15(21-14(2)5-4-6-19(21)22)12-20(18)26-27-17-7-9-24-10-8-17;/h3-6,11-13,17,24H,1,7-10,23H2,2H3;/q-1;+1/b25-13-;. The molecule has 3 N–H and O–H groups in total. The fraction of sp³-hybridized carbons (Fsp3) is 0.286. The molecule has 0 atom stereocenters. The van der Waals surface area contributed by atoms with Crippen LogP contribution in [-0.2, 0) is 4.84 Å². The van der Waals surface area contributed by atoms with Crippen molar-refractivity contribution < 1.29 is 60.6 Å². The second-order valence-corrected chi connectivity index (χ2v) is 6.56. The Labute approximate surface area is 208 Å². The van der Waals surface area contributed by atoms with Crippen LogP contribution in [0.5, 0.6) is 0 Å². The predicted molar refractivity (Wildman–Crippen MR) is 108 cm³/mol. The van der Waals surface area contributed by atoms with E-state index in [2.05, 4.69) is 22.5 Å². The minimum atomic E-state index is -0.290. The first-order valence-corrected chi connectivity index (χ1v) is 9.01. The van der Waals surface area contributed by atoms with Gasteiger partial charge in [-0.25, -0.2) is 4.39 Å². The number of halogens is 1. The van der Waals surface area contributed by atoms with Gasteiger partial charge in [-0.1, -0.05) is 30.9 Å². The molecule has 0 spiro atoms. The summed E-state index contributed by atoms with van der Waals surface area (Å²) in [7, 11) is 0. The van der Waals surface area contributed by atoms with E-state index in [1.165, 1.54) is 12.3 Å². The molecule has 1 heterocycles. The minimum Gasteiger partial charge on any atom is -0.561 e. The molecule has 0 aliphatic carbocycles. The van der Waals surface area contributed by atoms with E-state index >= 15 is 0 Å². The normalized spacial score (nSPS) is 14.6. The molecule has 0 bridgehead atoms. The number of benzene rings is 2. The number of hydrogen-bond acceptors (Lipinski definition) is 4. The van der Waals surface area contributed by atoms with E-state index in [0.717, 1.165) is 37.1 Å². The maximum Gasteiger partial charge on any atom is 1.00 e. The summed E-state index contributed by atoms with van der Waals surface area (Å²) < 4.78 is 14.5. The number of piperidine rings is 1. The van der Waals surface area contributed by atoms with Gasteiger partial charge in [0, 0.05) is 17.2 Å². The van der Waals surface area contributed by atoms with Gasteiger partial charge >= 0.3 is 51.4 Å². The van der Waals surface area contributed by atoms with Crippen LogP contribution in [0.4, 0.5) is 10.1 Å². The second-order valence-electron chi connectivity index (χ2n) is 6.56. The third-order valence-electron chi connectivity index (χ3n) is 4.70. The SMILES string of the molecule is C=Cc1c(/C=N\N)cc(-c2c(C)cccc2F)cc1[N-]OC1CCNCC1.[K+]. The van der Waals surface area contributed by atoms with Crippen molar-refractivity contribution in [2.45, 2.75) is 25.9 Å². The number of aryl methyl sites for hydroxylation is 1. The van der Waals surface area contributed by atoms with E-state index in [0.29, 0.717) is 22.4 Å². The zero-order valence-electron chi connectivity index (χ0n) is 16.4. The van der Waals surface area contributed by atoms with E-state index < -0.39 is 0 Å². The number of nitrogens with two attached hydrogens (primary N) is 1. The number of hydrazone groups is 1. The summed E-state index contributed by atoms with van der Waals surface area (Å²) in [6, 6.07) is 8.67. The average Bonchev–Trinajstić information content (AvgIpc) is 2.67. The summed E-state index contributed by atoms with van der Waals surface area (Å²) in [5, 5.41) is 6.92. The van der Waals surface area contributed by atoms with Crippen LogP contribution >= 0.6 is 0 Å². The molecule has 3 rings (SSSR count). The zero-order chi connectivity index (χ0) is 19.2. The molecule has 1 aliphatic rings. The van der Waals surface area contributed by atoms with Gasteiger partial charge in [0.05, 0.1) is 6.21 Å². The largest absolute Gasteiger partial charge is 1.00 e. The van der Waals surface area contributed by atoms with Crippen molar-refractivity contribution in [3.63, 3.8) is 0 Å². The van der Waals surface area contributed by atoms with Gasteiger partial charge in [-0.15, -0.1) is 5.69 Å². The molecule has 1 fully saturated rings. The molecular formula is C21H24FKN4O. The van der Waals surface area contributed by atoms with E-state index in [-0.39, 0.29) is 63.3 Å². The van der Waals surface area contributed by atoms with Gasteiger partial charge in [-0.3, -0.25) is 0 Å². The van der Waals surface area contributed by atoms with Crippen LogP contribution in [0, 0.1) is 12.7 Å². The van der Waals surface area contributed by atoms with Crippen LogP contribution in [0.1, 0.15) is 29.5 Å². The van der Waals surface area contributed by atoms with Crippen molar-refractivity contribution in [3.05, 3.63) is 64.9 Å². The Balaban J connectivity index is 0.00000280. The monoisotopic (exact) mass is 406 g/mol. The van der Waals surface area contributed by atoms with Crippen LogP contribution in [0.3, 0.4) is 0 Å². The first-order valence-electron chi connectivity index (χ1n) is 9.01. The summed E-state index contributed by atoms with van der Waals surface area (Å²) in [4.78, 5) is 5.76. The zero-order valence-corrected chi connectivity index (χ0v) is 19.5. The molecule has 1 aliphatic heterocycles. The van der Waals surface area contributed by atoms with Gasteiger partial charge < -0.3 is 21.5 Å². The number of hydrogen-bond donors (Lipinski definition) is 2. The molecule has 0 aromatic heterocycles. The van der Waals surface area contributed by atoms with E-state index in [4.69, 9.17) is 10.7 Å². The molecule has 5 nitrogen and oxygen atoms in total. The van der Waals surface area contributed by atoms with Crippen LogP contribution < -0.4 is 62.5 Å². The fourth-order valence-electron chi connectivity index (χ4n) is 3.32. The van der Waals surface area contributed by atoms with Gasteiger partial charge in [0.25, 0.3) is 0 Å². The summed E-state index contributed by atoms with van der Waals surface area (Å²) in [6.07, 6.45) is 5.06. The van der Waals surface area contributed by atoms with Crippen molar-refractivity contribution in [2.75, 3.05) is 13.1 Å². The third kappa shape index (κ3) is 5.51. The number of nitrogens with one attached hydrogen (secondary N) is 1. The van der Waals surface area contributed by atoms with Gasteiger partial charge in [0.2, 0.25) is 0 Å². The van der Waals surface area contributed by atoms with Crippen LogP contribution in [0.25, 0.3) is 22.7 Å². The van der Waals surface area contributed by atoms with Gasteiger partial charge in [-0.05, 0) is 61.7 Å². The molecular weight excluding hydrogens is 382 g/mol. The molecule has 7 heteroatoms. The molecule has 0 saturated carbocycles. The van der Waals surface area contributed by atoms with E-state index in [1.54, 1.807) is 12.1 Å². The summed E-state index contributed by atoms with van der Waals surface area (Å²) >= 11 is 0. The van der Waals surface area contributed by atoms with Crippen molar-refractivity contribution in [1.82, 2.24) is 5.32 Å². The minimum absolute atomic E-state index is 0. The summed E-state index contributed by atoms with van der Waals surface area (Å²) in [5.41, 5.74) is 8.46. The molecule has 0 radical (unpaired) electrons. The van der Waals surface area contributed by atoms with E-state index in [1.807, 2.05) is 25.1 Å². The van der Waals surface area contributed by atoms with Gasteiger partial charge in [0.1, 0.15) is 5.82 Å². The van der Waals surface area contributed by atoms with Crippen molar-refractivity contribution in [1.29, 1.82) is 0 Å². The Hall–Kier alpha value is -1.06. The Morgan fingerprint density at radius 2 is 2.07 bits per heavy atom. The van der Waals surface area contributed by atoms with Gasteiger partial charge in [-0.2, -0.15) is 5.10 Å². The second kappa shape index (κ2) is 11.2. The average molecular weight is 407 g/mol. The van der Waals surface area contributed by atoms with Crippen LogP contribution in [-0.4, -0.2) is 25.4 Å². The molecule has 1 saturated heterocycles. The number of rotatable bonds is 6. The molecule has 142 valence electrons. The first-order chi connectivity index (χ1) is 13.1. The van der Waals surface area contributed by atoms with Crippen molar-refractivity contribution >= 4 is 18.0 Å². The smallest absolute Gasteiger partial charge is 0.561 e. The van der Waals surface area contributed by atoms with Crippen LogP contribution in [0.15, 0.2) is 42.0 Å².